The standard InChI is InChI=1S/C29H38F2N8O2/c30-25(31)26-33-23-6-2-3-7-24(23)39(26)29-35-27(34-28(36-29)38-14-16-41-17-15-38)32-21-10-8-20(9-11-21)18-22(40)19-37-12-4-1-5-13-37/h2-3,6-7,20-21,25H,1,4-5,8-19H2,(H,32,34,35,36). The number of nitrogens with zero attached hydrogens (tertiary/aromatic N) is 7. The number of hydrogen-bond acceptors (Lipinski definition) is 9. The van der Waals surface area contributed by atoms with Crippen molar-refractivity contribution in [2.24, 2.45) is 5.92 Å². The monoisotopic (exact) mass is 568 g/mol. The molecule has 2 aromatic heterocycles. The first-order valence-corrected chi connectivity index (χ1v) is 14.9. The highest BCUT2D eigenvalue weighted by Crippen LogP contribution is 2.31. The lowest BCUT2D eigenvalue weighted by Crippen LogP contribution is -2.38. The maximum absolute atomic E-state index is 14.1. The number of hydrogen-bond donors (Lipinski definition) is 1. The Hall–Kier alpha value is -3.25. The Labute approximate surface area is 238 Å². The summed E-state index contributed by atoms with van der Waals surface area (Å²) in [4.78, 5) is 35.1. The van der Waals surface area contributed by atoms with Gasteiger partial charge in [-0.1, -0.05) is 18.6 Å². The molecule has 1 saturated carbocycles. The van der Waals surface area contributed by atoms with E-state index in [2.05, 4.69) is 25.2 Å². The third-order valence-corrected chi connectivity index (χ3v) is 8.43. The van der Waals surface area contributed by atoms with Crippen molar-refractivity contribution < 1.29 is 18.3 Å². The third kappa shape index (κ3) is 6.64. The molecule has 0 amide bonds. The number of benzene rings is 1. The molecule has 0 bridgehead atoms. The first kappa shape index (κ1) is 27.9. The molecule has 0 unspecified atom stereocenters. The number of nitrogens with one attached hydrogen (secondary N) is 1. The summed E-state index contributed by atoms with van der Waals surface area (Å²) < 4.78 is 35.1. The number of imidazole rings is 1. The van der Waals surface area contributed by atoms with Gasteiger partial charge in [0, 0.05) is 25.6 Å². The molecule has 1 N–H and O–H groups in total. The van der Waals surface area contributed by atoms with Gasteiger partial charge in [0.05, 0.1) is 30.8 Å². The van der Waals surface area contributed by atoms with Gasteiger partial charge in [0.2, 0.25) is 17.8 Å². The fourth-order valence-corrected chi connectivity index (χ4v) is 6.27. The smallest absolute Gasteiger partial charge is 0.296 e. The minimum Gasteiger partial charge on any atom is -0.378 e. The molecule has 3 aromatic rings. The summed E-state index contributed by atoms with van der Waals surface area (Å²) in [5.41, 5.74) is 0.974. The second-order valence-corrected chi connectivity index (χ2v) is 11.4. The lowest BCUT2D eigenvalue weighted by Gasteiger charge is -2.31. The number of rotatable bonds is 9. The molecule has 220 valence electrons. The van der Waals surface area contributed by atoms with Crippen LogP contribution in [-0.4, -0.2) is 87.2 Å². The topological polar surface area (TPSA) is 101 Å². The molecular formula is C29H38F2N8O2. The van der Waals surface area contributed by atoms with Gasteiger partial charge in [-0.3, -0.25) is 14.3 Å². The minimum atomic E-state index is -2.80. The van der Waals surface area contributed by atoms with Crippen LogP contribution in [0.3, 0.4) is 0 Å². The highest BCUT2D eigenvalue weighted by molar-refractivity contribution is 5.80. The average molecular weight is 569 g/mol. The number of carbonyl (C=O) groups is 1. The Morgan fingerprint density at radius 2 is 1.66 bits per heavy atom. The summed E-state index contributed by atoms with van der Waals surface area (Å²) in [5, 5.41) is 3.46. The quantitative estimate of drug-likeness (QED) is 0.403. The Kier molecular flexibility index (Phi) is 8.66. The van der Waals surface area contributed by atoms with Crippen molar-refractivity contribution in [1.29, 1.82) is 0 Å². The summed E-state index contributed by atoms with van der Waals surface area (Å²) in [5.74, 6) is 1.25. The first-order chi connectivity index (χ1) is 20.0. The predicted molar refractivity (Wildman–Crippen MR) is 152 cm³/mol. The van der Waals surface area contributed by atoms with E-state index in [1.54, 1.807) is 24.3 Å². The Balaban J connectivity index is 1.18. The number of carbonyl (C=O) groups excluding carboxylic acids is 1. The second kappa shape index (κ2) is 12.7. The first-order valence-electron chi connectivity index (χ1n) is 14.9. The molecule has 3 fully saturated rings. The number of ketones is 1. The zero-order valence-corrected chi connectivity index (χ0v) is 23.4. The molecule has 2 saturated heterocycles. The number of likely N-dealkylation sites (tertiary alicyclic amines) is 1. The van der Waals surface area contributed by atoms with E-state index in [9.17, 15) is 13.6 Å². The van der Waals surface area contributed by atoms with Crippen LogP contribution in [0.25, 0.3) is 17.0 Å². The molecule has 41 heavy (non-hydrogen) atoms. The van der Waals surface area contributed by atoms with Crippen LogP contribution in [0, 0.1) is 5.92 Å². The molecule has 6 rings (SSSR count). The van der Waals surface area contributed by atoms with Gasteiger partial charge >= 0.3 is 0 Å². The van der Waals surface area contributed by atoms with E-state index in [4.69, 9.17) is 9.72 Å². The maximum Gasteiger partial charge on any atom is 0.296 e. The Morgan fingerprint density at radius 3 is 2.41 bits per heavy atom. The molecular weight excluding hydrogens is 530 g/mol. The fraction of sp³-hybridized carbons (Fsp3) is 0.621. The minimum absolute atomic E-state index is 0.116. The highest BCUT2D eigenvalue weighted by atomic mass is 19.3. The van der Waals surface area contributed by atoms with Crippen LogP contribution in [-0.2, 0) is 9.53 Å². The van der Waals surface area contributed by atoms with Crippen molar-refractivity contribution >= 4 is 28.7 Å². The van der Waals surface area contributed by atoms with Crippen molar-refractivity contribution in [3.05, 3.63) is 30.1 Å². The lowest BCUT2D eigenvalue weighted by atomic mass is 9.83. The molecule has 4 heterocycles. The average Bonchev–Trinajstić information content (AvgIpc) is 3.39. The van der Waals surface area contributed by atoms with Gasteiger partial charge in [-0.25, -0.2) is 13.8 Å². The summed E-state index contributed by atoms with van der Waals surface area (Å²) >= 11 is 0. The number of halogens is 2. The number of anilines is 2. The van der Waals surface area contributed by atoms with Gasteiger partial charge in [-0.2, -0.15) is 15.0 Å². The summed E-state index contributed by atoms with van der Waals surface area (Å²) in [6, 6.07) is 7.13. The van der Waals surface area contributed by atoms with Crippen molar-refractivity contribution in [3.8, 4) is 5.95 Å². The number of aromatic nitrogens is 5. The SMILES string of the molecule is O=C(CC1CCC(Nc2nc(N3CCOCC3)nc(-n3c(C(F)F)nc4ccccc43)n2)CC1)CN1CCCCC1. The summed E-state index contributed by atoms with van der Waals surface area (Å²) in [7, 11) is 0. The van der Waals surface area contributed by atoms with Crippen molar-refractivity contribution in [3.63, 3.8) is 0 Å². The zero-order valence-electron chi connectivity index (χ0n) is 23.4. The highest BCUT2D eigenvalue weighted by Gasteiger charge is 2.27. The molecule has 1 aromatic carbocycles. The molecule has 10 nitrogen and oxygen atoms in total. The molecule has 2 aliphatic heterocycles. The Morgan fingerprint density at radius 1 is 0.927 bits per heavy atom. The molecule has 0 atom stereocenters. The maximum atomic E-state index is 14.1. The van der Waals surface area contributed by atoms with E-state index in [-0.39, 0.29) is 12.0 Å². The van der Waals surface area contributed by atoms with Crippen molar-refractivity contribution in [1.82, 2.24) is 29.4 Å². The molecule has 1 aliphatic carbocycles. The number of piperidine rings is 1. The van der Waals surface area contributed by atoms with Crippen LogP contribution >= 0.6 is 0 Å². The molecule has 3 aliphatic rings. The second-order valence-electron chi connectivity index (χ2n) is 11.4. The number of Topliss-reactive ketones (excluding diaryl/α,β-unsaturated/α-hetero) is 1. The van der Waals surface area contributed by atoms with E-state index >= 15 is 0 Å². The largest absolute Gasteiger partial charge is 0.378 e. The van der Waals surface area contributed by atoms with Crippen LogP contribution < -0.4 is 10.2 Å². The van der Waals surface area contributed by atoms with Crippen LogP contribution in [0.1, 0.15) is 63.6 Å². The zero-order chi connectivity index (χ0) is 28.2. The number of para-hydroxylation sites is 2. The van der Waals surface area contributed by atoms with Gasteiger partial charge in [0.25, 0.3) is 6.43 Å². The van der Waals surface area contributed by atoms with Gasteiger partial charge in [0.15, 0.2) is 5.82 Å². The van der Waals surface area contributed by atoms with Gasteiger partial charge in [-0.15, -0.1) is 0 Å². The van der Waals surface area contributed by atoms with Crippen LogP contribution in [0.2, 0.25) is 0 Å². The number of ether oxygens (including phenoxy) is 1. The number of morpholine rings is 1. The van der Waals surface area contributed by atoms with E-state index in [0.29, 0.717) is 73.9 Å². The van der Waals surface area contributed by atoms with E-state index in [1.807, 2.05) is 4.90 Å². The number of fused-ring (bicyclic) bond motifs is 1. The predicted octanol–water partition coefficient (Wildman–Crippen LogP) is 4.40. The van der Waals surface area contributed by atoms with Crippen molar-refractivity contribution in [2.75, 3.05) is 56.2 Å². The van der Waals surface area contributed by atoms with Crippen LogP contribution in [0.4, 0.5) is 20.7 Å². The van der Waals surface area contributed by atoms with Crippen molar-refractivity contribution in [2.45, 2.75) is 63.8 Å². The fourth-order valence-electron chi connectivity index (χ4n) is 6.27. The molecule has 0 radical (unpaired) electrons. The lowest BCUT2D eigenvalue weighted by molar-refractivity contribution is -0.121. The van der Waals surface area contributed by atoms with Gasteiger partial charge in [0.1, 0.15) is 5.78 Å². The van der Waals surface area contributed by atoms with E-state index in [0.717, 1.165) is 38.8 Å². The van der Waals surface area contributed by atoms with E-state index < -0.39 is 12.2 Å². The van der Waals surface area contributed by atoms with Gasteiger partial charge in [-0.05, 0) is 69.7 Å². The Bertz CT molecular complexity index is 1330. The van der Waals surface area contributed by atoms with E-state index in [1.165, 1.54) is 23.8 Å². The molecule has 0 spiro atoms. The molecule has 12 heteroatoms. The van der Waals surface area contributed by atoms with Gasteiger partial charge < -0.3 is 15.0 Å². The normalized spacial score (nSPS) is 22.4. The third-order valence-electron chi connectivity index (χ3n) is 8.43. The summed E-state index contributed by atoms with van der Waals surface area (Å²) in [6.07, 6.45) is 5.20. The van der Waals surface area contributed by atoms with Crippen LogP contribution in [0.5, 0.6) is 0 Å². The van der Waals surface area contributed by atoms with Crippen LogP contribution in [0.15, 0.2) is 24.3 Å². The number of alkyl halides is 2. The summed E-state index contributed by atoms with van der Waals surface area (Å²) in [6.45, 7) is 4.95.